The van der Waals surface area contributed by atoms with Gasteiger partial charge in [0.05, 0.1) is 12.2 Å². The molecule has 2 heteroatoms. The molecule has 0 atom stereocenters. The first-order chi connectivity index (χ1) is 10.8. The summed E-state index contributed by atoms with van der Waals surface area (Å²) < 4.78 is 5.34. The van der Waals surface area contributed by atoms with E-state index in [-0.39, 0.29) is 5.97 Å². The van der Waals surface area contributed by atoms with Crippen molar-refractivity contribution in [3.8, 4) is 0 Å². The third-order valence-electron chi connectivity index (χ3n) is 4.10. The molecular weight excluding hydrogens is 272 g/mol. The van der Waals surface area contributed by atoms with Gasteiger partial charge in [-0.2, -0.15) is 0 Å². The Morgan fingerprint density at radius 3 is 2.00 bits per heavy atom. The van der Waals surface area contributed by atoms with Crippen LogP contribution >= 0.6 is 0 Å². The Morgan fingerprint density at radius 2 is 1.41 bits per heavy atom. The Morgan fingerprint density at radius 1 is 0.864 bits per heavy atom. The van der Waals surface area contributed by atoms with Crippen molar-refractivity contribution in [3.63, 3.8) is 0 Å². The normalized spacial score (nSPS) is 10.6. The highest BCUT2D eigenvalue weighted by molar-refractivity contribution is 5.90. The van der Waals surface area contributed by atoms with E-state index in [4.69, 9.17) is 4.74 Å². The number of rotatable bonds is 12. The molecule has 0 heterocycles. The summed E-state index contributed by atoms with van der Waals surface area (Å²) in [5.74, 6) is -0.186. The molecule has 1 aromatic carbocycles. The second-order valence-electron chi connectivity index (χ2n) is 6.13. The lowest BCUT2D eigenvalue weighted by Crippen LogP contribution is -2.08. The van der Waals surface area contributed by atoms with Gasteiger partial charge in [0.2, 0.25) is 0 Å². The molecule has 0 radical (unpaired) electrons. The van der Waals surface area contributed by atoms with Crippen molar-refractivity contribution in [2.24, 2.45) is 0 Å². The molecule has 2 nitrogen and oxygen atoms in total. The minimum atomic E-state index is -0.186. The number of benzene rings is 1. The van der Waals surface area contributed by atoms with Crippen LogP contribution in [0.2, 0.25) is 0 Å². The van der Waals surface area contributed by atoms with Crippen LogP contribution in [0, 0.1) is 6.92 Å². The van der Waals surface area contributed by atoms with Crippen molar-refractivity contribution in [1.29, 1.82) is 0 Å². The summed E-state index contributed by atoms with van der Waals surface area (Å²) in [6.45, 7) is 4.74. The largest absolute Gasteiger partial charge is 0.462 e. The summed E-state index contributed by atoms with van der Waals surface area (Å²) in [6.07, 6.45) is 12.9. The Kier molecular flexibility index (Phi) is 10.4. The van der Waals surface area contributed by atoms with E-state index >= 15 is 0 Å². The van der Waals surface area contributed by atoms with E-state index in [2.05, 4.69) is 6.92 Å². The number of carbonyl (C=O) groups excluding carboxylic acids is 1. The Labute approximate surface area is 136 Å². The van der Waals surface area contributed by atoms with Crippen LogP contribution in [0.5, 0.6) is 0 Å². The highest BCUT2D eigenvalue weighted by Gasteiger charge is 2.08. The van der Waals surface area contributed by atoms with Crippen LogP contribution in [-0.2, 0) is 4.74 Å². The fraction of sp³-hybridized carbons (Fsp3) is 0.650. The molecule has 124 valence electrons. The van der Waals surface area contributed by atoms with Crippen LogP contribution in [0.1, 0.15) is 87.1 Å². The third kappa shape index (κ3) is 8.21. The molecule has 0 aromatic heterocycles. The smallest absolute Gasteiger partial charge is 0.338 e. The van der Waals surface area contributed by atoms with Gasteiger partial charge in [0.1, 0.15) is 0 Å². The van der Waals surface area contributed by atoms with Crippen molar-refractivity contribution < 1.29 is 9.53 Å². The van der Waals surface area contributed by atoms with Crippen molar-refractivity contribution in [2.75, 3.05) is 6.61 Å². The van der Waals surface area contributed by atoms with Gasteiger partial charge in [-0.15, -0.1) is 0 Å². The Bertz CT molecular complexity index is 412. The van der Waals surface area contributed by atoms with Crippen molar-refractivity contribution >= 4 is 5.97 Å². The van der Waals surface area contributed by atoms with Gasteiger partial charge in [-0.05, 0) is 25.0 Å². The number of aryl methyl sites for hydroxylation is 1. The van der Waals surface area contributed by atoms with Gasteiger partial charge >= 0.3 is 5.97 Å². The van der Waals surface area contributed by atoms with E-state index in [1.54, 1.807) is 0 Å². The molecule has 22 heavy (non-hydrogen) atoms. The lowest BCUT2D eigenvalue weighted by atomic mass is 10.1. The number of ether oxygens (including phenoxy) is 1. The minimum absolute atomic E-state index is 0.186. The molecule has 0 bridgehead atoms. The lowest BCUT2D eigenvalue weighted by Gasteiger charge is -2.07. The van der Waals surface area contributed by atoms with E-state index in [0.717, 1.165) is 18.4 Å². The van der Waals surface area contributed by atoms with Gasteiger partial charge in [0.15, 0.2) is 0 Å². The predicted molar refractivity (Wildman–Crippen MR) is 93.3 cm³/mol. The summed E-state index contributed by atoms with van der Waals surface area (Å²) in [6, 6.07) is 7.59. The van der Waals surface area contributed by atoms with Gasteiger partial charge in [-0.1, -0.05) is 82.9 Å². The highest BCUT2D eigenvalue weighted by atomic mass is 16.5. The highest BCUT2D eigenvalue weighted by Crippen LogP contribution is 2.12. The predicted octanol–water partition coefficient (Wildman–Crippen LogP) is 6.07. The van der Waals surface area contributed by atoms with Crippen LogP contribution in [-0.4, -0.2) is 12.6 Å². The molecule has 0 amide bonds. The molecule has 0 fully saturated rings. The molecule has 0 saturated carbocycles. The molecular formula is C20H32O2. The topological polar surface area (TPSA) is 26.3 Å². The number of carbonyl (C=O) groups is 1. The number of unbranched alkanes of at least 4 members (excludes halogenated alkanes) is 9. The van der Waals surface area contributed by atoms with Crippen LogP contribution in [0.3, 0.4) is 0 Å². The molecule has 0 aliphatic rings. The fourth-order valence-electron chi connectivity index (χ4n) is 2.63. The van der Waals surface area contributed by atoms with E-state index in [9.17, 15) is 4.79 Å². The van der Waals surface area contributed by atoms with Crippen molar-refractivity contribution in [1.82, 2.24) is 0 Å². The van der Waals surface area contributed by atoms with Crippen molar-refractivity contribution in [3.05, 3.63) is 35.4 Å². The molecule has 0 N–H and O–H groups in total. The van der Waals surface area contributed by atoms with Crippen LogP contribution < -0.4 is 0 Å². The average molecular weight is 304 g/mol. The molecule has 0 spiro atoms. The van der Waals surface area contributed by atoms with Crippen LogP contribution in [0.4, 0.5) is 0 Å². The molecule has 0 aliphatic carbocycles. The third-order valence-corrected chi connectivity index (χ3v) is 4.10. The molecule has 0 saturated heterocycles. The zero-order valence-electron chi connectivity index (χ0n) is 14.4. The number of hydrogen-bond acceptors (Lipinski definition) is 2. The first-order valence-corrected chi connectivity index (χ1v) is 8.98. The number of esters is 1. The number of hydrogen-bond donors (Lipinski definition) is 0. The summed E-state index contributed by atoms with van der Waals surface area (Å²) in [5.41, 5.74) is 1.67. The second kappa shape index (κ2) is 12.3. The van der Waals surface area contributed by atoms with Gasteiger partial charge in [-0.25, -0.2) is 4.79 Å². The summed E-state index contributed by atoms with van der Waals surface area (Å²) >= 11 is 0. The van der Waals surface area contributed by atoms with E-state index in [1.165, 1.54) is 51.4 Å². The maximum absolute atomic E-state index is 11.9. The second-order valence-corrected chi connectivity index (χ2v) is 6.13. The first kappa shape index (κ1) is 18.7. The maximum atomic E-state index is 11.9. The first-order valence-electron chi connectivity index (χ1n) is 8.98. The molecule has 0 unspecified atom stereocenters. The molecule has 1 rings (SSSR count). The maximum Gasteiger partial charge on any atom is 0.338 e. The van der Waals surface area contributed by atoms with Crippen LogP contribution in [0.25, 0.3) is 0 Å². The minimum Gasteiger partial charge on any atom is -0.462 e. The zero-order chi connectivity index (χ0) is 16.0. The molecule has 0 aliphatic heterocycles. The van der Waals surface area contributed by atoms with Crippen LogP contribution in [0.15, 0.2) is 24.3 Å². The summed E-state index contributed by atoms with van der Waals surface area (Å²) in [5, 5.41) is 0. The van der Waals surface area contributed by atoms with Crippen molar-refractivity contribution in [2.45, 2.75) is 78.1 Å². The Hall–Kier alpha value is -1.31. The fourth-order valence-corrected chi connectivity index (χ4v) is 2.63. The quantitative estimate of drug-likeness (QED) is 0.346. The SMILES string of the molecule is CCCCCCCCCCCCOC(=O)c1ccccc1C. The lowest BCUT2D eigenvalue weighted by molar-refractivity contribution is 0.0497. The average Bonchev–Trinajstić information content (AvgIpc) is 2.53. The monoisotopic (exact) mass is 304 g/mol. The van der Waals surface area contributed by atoms with E-state index in [1.807, 2.05) is 31.2 Å². The van der Waals surface area contributed by atoms with Gasteiger partial charge in [0.25, 0.3) is 0 Å². The van der Waals surface area contributed by atoms with Gasteiger partial charge in [0, 0.05) is 0 Å². The standard InChI is InChI=1S/C20H32O2/c1-3-4-5-6-7-8-9-10-11-14-17-22-20(21)19-16-13-12-15-18(19)2/h12-13,15-16H,3-11,14,17H2,1-2H3. The van der Waals surface area contributed by atoms with E-state index in [0.29, 0.717) is 12.2 Å². The van der Waals surface area contributed by atoms with Gasteiger partial charge in [-0.3, -0.25) is 0 Å². The summed E-state index contributed by atoms with van der Waals surface area (Å²) in [4.78, 5) is 11.9. The zero-order valence-corrected chi connectivity index (χ0v) is 14.4. The molecule has 1 aromatic rings. The summed E-state index contributed by atoms with van der Waals surface area (Å²) in [7, 11) is 0. The Balaban J connectivity index is 1.95. The van der Waals surface area contributed by atoms with Gasteiger partial charge < -0.3 is 4.74 Å². The van der Waals surface area contributed by atoms with E-state index < -0.39 is 0 Å².